The largest absolute Gasteiger partial charge is 0.361 e. The third-order valence-electron chi connectivity index (χ3n) is 3.56. The lowest BCUT2D eigenvalue weighted by Gasteiger charge is -2.16. The maximum Gasteiger partial charge on any atom is 0.222 e. The number of benzene rings is 1. The molecule has 0 bridgehead atoms. The van der Waals surface area contributed by atoms with Crippen molar-refractivity contribution in [2.45, 2.75) is 32.6 Å². The minimum atomic E-state index is 0.252. The number of nitrogens with one attached hydrogen (secondary N) is 1. The summed E-state index contributed by atoms with van der Waals surface area (Å²) in [5, 5.41) is 1.26. The minimum Gasteiger partial charge on any atom is -0.361 e. The Labute approximate surface area is 114 Å². The third kappa shape index (κ3) is 3.37. The van der Waals surface area contributed by atoms with Gasteiger partial charge < -0.3 is 9.88 Å². The quantitative estimate of drug-likeness (QED) is 0.847. The van der Waals surface area contributed by atoms with Crippen LogP contribution in [0.3, 0.4) is 0 Å². The number of carbonyl (C=O) groups is 1. The van der Waals surface area contributed by atoms with E-state index in [-0.39, 0.29) is 5.91 Å². The second-order valence-electron chi connectivity index (χ2n) is 5.03. The summed E-state index contributed by atoms with van der Waals surface area (Å²) >= 11 is 0. The van der Waals surface area contributed by atoms with E-state index in [2.05, 4.69) is 36.3 Å². The average Bonchev–Trinajstić information content (AvgIpc) is 2.85. The summed E-state index contributed by atoms with van der Waals surface area (Å²) in [7, 11) is 1.90. The predicted octanol–water partition coefficient (Wildman–Crippen LogP) is 3.36. The number of aromatic amines is 1. The van der Waals surface area contributed by atoms with Crippen LogP contribution in [0.5, 0.6) is 0 Å². The number of carbonyl (C=O) groups excluding carboxylic acids is 1. The maximum absolute atomic E-state index is 11.8. The molecule has 1 amide bonds. The number of rotatable bonds is 6. The molecule has 0 aliphatic carbocycles. The number of para-hydroxylation sites is 1. The van der Waals surface area contributed by atoms with Crippen molar-refractivity contribution in [2.75, 3.05) is 13.6 Å². The predicted molar refractivity (Wildman–Crippen MR) is 79.2 cm³/mol. The van der Waals surface area contributed by atoms with E-state index in [1.54, 1.807) is 0 Å². The molecule has 1 aromatic heterocycles. The molecule has 19 heavy (non-hydrogen) atoms. The summed E-state index contributed by atoms with van der Waals surface area (Å²) in [5.41, 5.74) is 2.45. The van der Waals surface area contributed by atoms with Gasteiger partial charge in [-0.05, 0) is 24.5 Å². The van der Waals surface area contributed by atoms with Crippen molar-refractivity contribution in [1.29, 1.82) is 0 Å². The lowest BCUT2D eigenvalue weighted by atomic mass is 10.1. The molecule has 0 saturated carbocycles. The van der Waals surface area contributed by atoms with Crippen LogP contribution in [0.15, 0.2) is 30.5 Å². The molecular formula is C16H22N2O. The molecule has 0 spiro atoms. The Kier molecular flexibility index (Phi) is 4.61. The van der Waals surface area contributed by atoms with Gasteiger partial charge in [-0.25, -0.2) is 0 Å². The number of hydrogen-bond donors (Lipinski definition) is 1. The fourth-order valence-corrected chi connectivity index (χ4v) is 2.27. The van der Waals surface area contributed by atoms with Crippen LogP contribution in [0.4, 0.5) is 0 Å². The number of hydrogen-bond acceptors (Lipinski definition) is 1. The molecule has 0 saturated heterocycles. The summed E-state index contributed by atoms with van der Waals surface area (Å²) in [4.78, 5) is 17.0. The highest BCUT2D eigenvalue weighted by atomic mass is 16.2. The lowest BCUT2D eigenvalue weighted by molar-refractivity contribution is -0.129. The van der Waals surface area contributed by atoms with Crippen LogP contribution in [-0.2, 0) is 11.2 Å². The van der Waals surface area contributed by atoms with Gasteiger partial charge in [0.25, 0.3) is 0 Å². The molecular weight excluding hydrogens is 236 g/mol. The van der Waals surface area contributed by atoms with Crippen molar-refractivity contribution in [3.05, 3.63) is 36.0 Å². The van der Waals surface area contributed by atoms with E-state index in [1.165, 1.54) is 10.9 Å². The van der Waals surface area contributed by atoms with Crippen molar-refractivity contribution in [2.24, 2.45) is 0 Å². The molecule has 3 heteroatoms. The SMILES string of the molecule is CCCCC(=O)N(C)CCc1c[nH]c2ccccc12. The van der Waals surface area contributed by atoms with Crippen LogP contribution < -0.4 is 0 Å². The summed E-state index contributed by atoms with van der Waals surface area (Å²) in [6.07, 6.45) is 5.67. The molecule has 1 heterocycles. The van der Waals surface area contributed by atoms with Crippen LogP contribution in [0.1, 0.15) is 31.7 Å². The zero-order chi connectivity index (χ0) is 13.7. The molecule has 0 radical (unpaired) electrons. The van der Waals surface area contributed by atoms with E-state index in [0.29, 0.717) is 6.42 Å². The number of likely N-dealkylation sites (N-methyl/N-ethyl adjacent to an activating group) is 1. The van der Waals surface area contributed by atoms with Crippen LogP contribution in [0.2, 0.25) is 0 Å². The van der Waals surface area contributed by atoms with Crippen LogP contribution >= 0.6 is 0 Å². The zero-order valence-corrected chi connectivity index (χ0v) is 11.8. The highest BCUT2D eigenvalue weighted by Gasteiger charge is 2.09. The molecule has 3 nitrogen and oxygen atoms in total. The molecule has 1 N–H and O–H groups in total. The lowest BCUT2D eigenvalue weighted by Crippen LogP contribution is -2.28. The smallest absolute Gasteiger partial charge is 0.222 e. The first kappa shape index (κ1) is 13.7. The molecule has 0 unspecified atom stereocenters. The maximum atomic E-state index is 11.8. The Hall–Kier alpha value is -1.77. The van der Waals surface area contributed by atoms with E-state index < -0.39 is 0 Å². The van der Waals surface area contributed by atoms with E-state index in [9.17, 15) is 4.79 Å². The number of H-pyrrole nitrogens is 1. The fourth-order valence-electron chi connectivity index (χ4n) is 2.27. The molecule has 0 aliphatic rings. The van der Waals surface area contributed by atoms with Crippen molar-refractivity contribution in [3.63, 3.8) is 0 Å². The van der Waals surface area contributed by atoms with Crippen LogP contribution in [0, 0.1) is 0 Å². The zero-order valence-electron chi connectivity index (χ0n) is 11.8. The summed E-state index contributed by atoms with van der Waals surface area (Å²) < 4.78 is 0. The van der Waals surface area contributed by atoms with Crippen molar-refractivity contribution >= 4 is 16.8 Å². The first-order valence-corrected chi connectivity index (χ1v) is 7.01. The third-order valence-corrected chi connectivity index (χ3v) is 3.56. The molecule has 1 aromatic carbocycles. The van der Waals surface area contributed by atoms with Crippen molar-refractivity contribution in [3.8, 4) is 0 Å². The van der Waals surface area contributed by atoms with Gasteiger partial charge in [0, 0.05) is 37.1 Å². The second kappa shape index (κ2) is 6.41. The van der Waals surface area contributed by atoms with Gasteiger partial charge in [0.1, 0.15) is 0 Å². The van der Waals surface area contributed by atoms with E-state index in [4.69, 9.17) is 0 Å². The van der Waals surface area contributed by atoms with E-state index in [0.717, 1.165) is 31.3 Å². The average molecular weight is 258 g/mol. The Bertz CT molecular complexity index is 544. The molecule has 102 valence electrons. The first-order valence-electron chi connectivity index (χ1n) is 7.01. The van der Waals surface area contributed by atoms with Crippen LogP contribution in [0.25, 0.3) is 10.9 Å². The minimum absolute atomic E-state index is 0.252. The molecule has 2 rings (SSSR count). The van der Waals surface area contributed by atoms with Crippen LogP contribution in [-0.4, -0.2) is 29.4 Å². The Morgan fingerprint density at radius 3 is 2.89 bits per heavy atom. The number of amides is 1. The monoisotopic (exact) mass is 258 g/mol. The highest BCUT2D eigenvalue weighted by molar-refractivity contribution is 5.83. The Morgan fingerprint density at radius 2 is 2.11 bits per heavy atom. The van der Waals surface area contributed by atoms with Gasteiger partial charge >= 0.3 is 0 Å². The van der Waals surface area contributed by atoms with E-state index in [1.807, 2.05) is 18.0 Å². The Balaban J connectivity index is 1.93. The fraction of sp³-hybridized carbons (Fsp3) is 0.438. The summed E-state index contributed by atoms with van der Waals surface area (Å²) in [6, 6.07) is 8.29. The first-order chi connectivity index (χ1) is 9.22. The van der Waals surface area contributed by atoms with Gasteiger partial charge in [-0.15, -0.1) is 0 Å². The van der Waals surface area contributed by atoms with Gasteiger partial charge in [0.2, 0.25) is 5.91 Å². The van der Waals surface area contributed by atoms with Gasteiger partial charge in [0.15, 0.2) is 0 Å². The number of fused-ring (bicyclic) bond motifs is 1. The van der Waals surface area contributed by atoms with Gasteiger partial charge in [0.05, 0.1) is 0 Å². The number of unbranched alkanes of at least 4 members (excludes halogenated alkanes) is 1. The number of nitrogens with zero attached hydrogens (tertiary/aromatic N) is 1. The molecule has 0 fully saturated rings. The molecule has 0 atom stereocenters. The topological polar surface area (TPSA) is 36.1 Å². The summed E-state index contributed by atoms with van der Waals surface area (Å²) in [5.74, 6) is 0.252. The van der Waals surface area contributed by atoms with Gasteiger partial charge in [-0.1, -0.05) is 31.5 Å². The number of aromatic nitrogens is 1. The van der Waals surface area contributed by atoms with E-state index >= 15 is 0 Å². The normalized spacial score (nSPS) is 10.8. The van der Waals surface area contributed by atoms with Crippen molar-refractivity contribution < 1.29 is 4.79 Å². The standard InChI is InChI=1S/C16H22N2O/c1-3-4-9-16(19)18(2)11-10-13-12-17-15-8-6-5-7-14(13)15/h5-8,12,17H,3-4,9-11H2,1-2H3. The second-order valence-corrected chi connectivity index (χ2v) is 5.03. The van der Waals surface area contributed by atoms with Gasteiger partial charge in [-0.2, -0.15) is 0 Å². The van der Waals surface area contributed by atoms with Crippen molar-refractivity contribution in [1.82, 2.24) is 9.88 Å². The summed E-state index contributed by atoms with van der Waals surface area (Å²) in [6.45, 7) is 2.89. The molecule has 0 aliphatic heterocycles. The highest BCUT2D eigenvalue weighted by Crippen LogP contribution is 2.18. The van der Waals surface area contributed by atoms with Gasteiger partial charge in [-0.3, -0.25) is 4.79 Å². The Morgan fingerprint density at radius 1 is 1.32 bits per heavy atom. The molecule has 2 aromatic rings.